The summed E-state index contributed by atoms with van der Waals surface area (Å²) >= 11 is 0. The van der Waals surface area contributed by atoms with Crippen molar-refractivity contribution in [3.63, 3.8) is 0 Å². The van der Waals surface area contributed by atoms with E-state index in [0.717, 1.165) is 16.2 Å². The molecule has 0 spiro atoms. The monoisotopic (exact) mass is 407 g/mol. The van der Waals surface area contributed by atoms with Gasteiger partial charge in [-0.05, 0) is 37.6 Å². The smallest absolute Gasteiger partial charge is 0.204 e. The van der Waals surface area contributed by atoms with E-state index >= 15 is 0 Å². The molecule has 1 heterocycles. The van der Waals surface area contributed by atoms with Gasteiger partial charge in [0.2, 0.25) is 7.29 Å². The maximum atomic E-state index is 14.8. The fourth-order valence-corrected chi connectivity index (χ4v) is 8.36. The Kier molecular flexibility index (Phi) is 5.19. The first-order chi connectivity index (χ1) is 13.8. The van der Waals surface area contributed by atoms with Crippen LogP contribution in [0.5, 0.6) is 0 Å². The first-order valence-electron chi connectivity index (χ1n) is 10.4. The number of hydrogen-bond acceptors (Lipinski definition) is 2. The Balaban J connectivity index is 1.93. The Morgan fingerprint density at radius 2 is 1.59 bits per heavy atom. The number of rotatable bonds is 4. The number of nitrogens with zero attached hydrogens (tertiary/aromatic N) is 1. The summed E-state index contributed by atoms with van der Waals surface area (Å²) in [4.78, 5) is 0. The summed E-state index contributed by atoms with van der Waals surface area (Å²) in [5.74, 6) is 0.00941. The van der Waals surface area contributed by atoms with Crippen LogP contribution in [0.25, 0.3) is 0 Å². The molecule has 2 aromatic carbocycles. The van der Waals surface area contributed by atoms with E-state index in [9.17, 15) is 9.67 Å². The predicted molar refractivity (Wildman–Crippen MR) is 120 cm³/mol. The molecule has 0 radical (unpaired) electrons. The molecule has 1 aliphatic carbocycles. The third-order valence-corrected chi connectivity index (χ3v) is 10.2. The molecule has 0 saturated carbocycles. The van der Waals surface area contributed by atoms with E-state index in [1.165, 1.54) is 0 Å². The Morgan fingerprint density at radius 1 is 1.00 bits per heavy atom. The van der Waals surface area contributed by atoms with E-state index < -0.39 is 18.9 Å². The summed E-state index contributed by atoms with van der Waals surface area (Å²) in [7, 11) is -1.02. The average Bonchev–Trinajstić information content (AvgIpc) is 2.94. The van der Waals surface area contributed by atoms with Crippen molar-refractivity contribution in [3.05, 3.63) is 89.8 Å². The lowest BCUT2D eigenvalue weighted by Gasteiger charge is -2.38. The van der Waals surface area contributed by atoms with Crippen molar-refractivity contribution in [1.82, 2.24) is 4.67 Å². The Hall–Kier alpha value is -1.93. The number of benzene rings is 2. The molecule has 1 saturated heterocycles. The van der Waals surface area contributed by atoms with Crippen molar-refractivity contribution in [1.29, 1.82) is 0 Å². The SMILES string of the molecule is CC(C)[C@H](O)[C@@H]1C=C[C@H]2C(=C1)P(=O)(c1ccccc1)N(C)[C@]2(C)c1ccccc1. The molecule has 1 aliphatic heterocycles. The van der Waals surface area contributed by atoms with Crippen LogP contribution in [0.1, 0.15) is 26.3 Å². The highest BCUT2D eigenvalue weighted by Gasteiger charge is 2.59. The van der Waals surface area contributed by atoms with Gasteiger partial charge in [0.25, 0.3) is 0 Å². The Morgan fingerprint density at radius 3 is 2.17 bits per heavy atom. The van der Waals surface area contributed by atoms with Crippen molar-refractivity contribution >= 4 is 12.6 Å². The topological polar surface area (TPSA) is 40.5 Å². The van der Waals surface area contributed by atoms with Crippen LogP contribution in [-0.4, -0.2) is 22.9 Å². The highest BCUT2D eigenvalue weighted by atomic mass is 31.2. The molecule has 5 atom stereocenters. The van der Waals surface area contributed by atoms with Crippen LogP contribution in [0, 0.1) is 17.8 Å². The Bertz CT molecular complexity index is 982. The largest absolute Gasteiger partial charge is 0.392 e. The zero-order valence-corrected chi connectivity index (χ0v) is 18.5. The van der Waals surface area contributed by atoms with Gasteiger partial charge in [0.15, 0.2) is 0 Å². The van der Waals surface area contributed by atoms with Gasteiger partial charge in [-0.2, -0.15) is 0 Å². The average molecular weight is 407 g/mol. The minimum atomic E-state index is -3.01. The number of fused-ring (bicyclic) bond motifs is 1. The van der Waals surface area contributed by atoms with Gasteiger partial charge in [0, 0.05) is 22.5 Å². The van der Waals surface area contributed by atoms with Crippen LogP contribution in [0.2, 0.25) is 0 Å². The van der Waals surface area contributed by atoms with Gasteiger partial charge in [-0.15, -0.1) is 0 Å². The minimum absolute atomic E-state index is 0.00319. The van der Waals surface area contributed by atoms with Crippen LogP contribution >= 0.6 is 7.29 Å². The second kappa shape index (κ2) is 7.40. The second-order valence-electron chi connectivity index (χ2n) is 8.71. The molecule has 4 heteroatoms. The molecule has 152 valence electrons. The molecule has 0 bridgehead atoms. The third kappa shape index (κ3) is 2.99. The van der Waals surface area contributed by atoms with E-state index in [4.69, 9.17) is 0 Å². The lowest BCUT2D eigenvalue weighted by molar-refractivity contribution is 0.0993. The van der Waals surface area contributed by atoms with Crippen molar-refractivity contribution in [2.75, 3.05) is 7.05 Å². The summed E-state index contributed by atoms with van der Waals surface area (Å²) in [5, 5.41) is 12.5. The molecule has 4 rings (SSSR count). The van der Waals surface area contributed by atoms with Gasteiger partial charge >= 0.3 is 0 Å². The summed E-state index contributed by atoms with van der Waals surface area (Å²) < 4.78 is 16.9. The van der Waals surface area contributed by atoms with Crippen LogP contribution in [0.4, 0.5) is 0 Å². The zero-order valence-electron chi connectivity index (χ0n) is 17.6. The summed E-state index contributed by atoms with van der Waals surface area (Å²) in [5.41, 5.74) is 0.725. The molecule has 1 unspecified atom stereocenters. The Labute approximate surface area is 174 Å². The van der Waals surface area contributed by atoms with Gasteiger partial charge in [0.1, 0.15) is 0 Å². The van der Waals surface area contributed by atoms with Crippen LogP contribution < -0.4 is 5.30 Å². The number of aliphatic hydroxyl groups excluding tert-OH is 1. The second-order valence-corrected chi connectivity index (χ2v) is 11.5. The first-order valence-corrected chi connectivity index (χ1v) is 12.0. The standard InChI is InChI=1S/C25H30NO2P/c1-18(2)24(27)19-15-16-22-23(17-19)29(28,21-13-9-6-10-14-21)26(4)25(22,3)20-11-7-5-8-12-20/h5-19,22,24,27H,1-4H3/t19-,22+,24+,25-,29?/m1/s1. The van der Waals surface area contributed by atoms with Crippen LogP contribution in [0.15, 0.2) is 84.2 Å². The molecular weight excluding hydrogens is 377 g/mol. The molecule has 29 heavy (non-hydrogen) atoms. The number of aliphatic hydroxyl groups is 1. The van der Waals surface area contributed by atoms with Gasteiger partial charge in [0.05, 0.1) is 11.6 Å². The lowest BCUT2D eigenvalue weighted by Crippen LogP contribution is -2.39. The molecule has 0 amide bonds. The maximum absolute atomic E-state index is 14.8. The van der Waals surface area contributed by atoms with Gasteiger partial charge < -0.3 is 5.11 Å². The van der Waals surface area contributed by atoms with Gasteiger partial charge in [-0.25, -0.2) is 4.67 Å². The summed E-state index contributed by atoms with van der Waals surface area (Å²) in [6.45, 7) is 6.23. The highest BCUT2D eigenvalue weighted by Crippen LogP contribution is 2.72. The van der Waals surface area contributed by atoms with E-state index in [2.05, 4.69) is 42.0 Å². The van der Waals surface area contributed by atoms with E-state index in [1.807, 2.05) is 69.4 Å². The van der Waals surface area contributed by atoms with E-state index in [0.29, 0.717) is 0 Å². The van der Waals surface area contributed by atoms with E-state index in [1.54, 1.807) is 0 Å². The normalized spacial score (nSPS) is 32.8. The first kappa shape index (κ1) is 20.3. The predicted octanol–water partition coefficient (Wildman–Crippen LogP) is 5.15. The fraction of sp³-hybridized carbons (Fsp3) is 0.360. The van der Waals surface area contributed by atoms with E-state index in [-0.39, 0.29) is 17.8 Å². The summed E-state index contributed by atoms with van der Waals surface area (Å²) in [6.07, 6.45) is 5.89. The van der Waals surface area contributed by atoms with Crippen LogP contribution in [0.3, 0.4) is 0 Å². The third-order valence-electron chi connectivity index (χ3n) is 6.80. The molecule has 1 fully saturated rings. The lowest BCUT2D eigenvalue weighted by atomic mass is 9.75. The summed E-state index contributed by atoms with van der Waals surface area (Å²) in [6, 6.07) is 20.2. The van der Waals surface area contributed by atoms with Crippen molar-refractivity contribution < 1.29 is 9.67 Å². The minimum Gasteiger partial charge on any atom is -0.392 e. The molecule has 0 aromatic heterocycles. The molecular formula is C25H30NO2P. The van der Waals surface area contributed by atoms with Crippen molar-refractivity contribution in [3.8, 4) is 0 Å². The molecule has 2 aromatic rings. The quantitative estimate of drug-likeness (QED) is 0.563. The van der Waals surface area contributed by atoms with Gasteiger partial charge in [-0.3, -0.25) is 4.57 Å². The highest BCUT2D eigenvalue weighted by molar-refractivity contribution is 7.73. The maximum Gasteiger partial charge on any atom is 0.204 e. The van der Waals surface area contributed by atoms with Crippen molar-refractivity contribution in [2.45, 2.75) is 32.4 Å². The fourth-order valence-electron chi connectivity index (χ4n) is 4.88. The molecule has 2 aliphatic rings. The molecule has 1 N–H and O–H groups in total. The number of hydrogen-bond donors (Lipinski definition) is 1. The molecule has 3 nitrogen and oxygen atoms in total. The van der Waals surface area contributed by atoms with Gasteiger partial charge in [-0.1, -0.05) is 80.6 Å². The zero-order chi connectivity index (χ0) is 20.8. The van der Waals surface area contributed by atoms with Crippen LogP contribution in [-0.2, 0) is 10.1 Å². The van der Waals surface area contributed by atoms with Crippen molar-refractivity contribution in [2.24, 2.45) is 17.8 Å².